The van der Waals surface area contributed by atoms with E-state index in [1.165, 1.54) is 48.6 Å². The van der Waals surface area contributed by atoms with Crippen molar-refractivity contribution in [3.63, 3.8) is 0 Å². The molecule has 0 spiro atoms. The Morgan fingerprint density at radius 3 is 1.44 bits per heavy atom. The van der Waals surface area contributed by atoms with Crippen LogP contribution in [0.25, 0.3) is 35.4 Å². The van der Waals surface area contributed by atoms with Gasteiger partial charge in [-0.25, -0.2) is 16.8 Å². The predicted molar refractivity (Wildman–Crippen MR) is 157 cm³/mol. The normalized spacial score (nSPS) is 12.0. The van der Waals surface area contributed by atoms with Gasteiger partial charge >= 0.3 is 61.0 Å². The molecular formula is C28H20Cl2Hg2O12S4. The van der Waals surface area contributed by atoms with E-state index < -0.39 is 71.2 Å². The van der Waals surface area contributed by atoms with Gasteiger partial charge in [0.15, 0.2) is 0 Å². The van der Waals surface area contributed by atoms with E-state index in [1.807, 2.05) is 0 Å². The summed E-state index contributed by atoms with van der Waals surface area (Å²) < 4.78 is 144. The quantitative estimate of drug-likeness (QED) is 0.0726. The molecule has 0 unspecified atom stereocenters. The molecule has 0 aliphatic rings. The minimum Gasteiger partial charge on any atom is -1.00 e. The van der Waals surface area contributed by atoms with Crippen molar-refractivity contribution in [1.82, 2.24) is 0 Å². The molecule has 0 amide bonds. The molecular weight excluding hydrogens is 1130 g/mol. The van der Waals surface area contributed by atoms with Gasteiger partial charge in [-0.3, -0.25) is 16.8 Å². The summed E-state index contributed by atoms with van der Waals surface area (Å²) in [6, 6.07) is 18.5. The van der Waals surface area contributed by atoms with Gasteiger partial charge in [-0.15, -0.1) is 11.1 Å². The van der Waals surface area contributed by atoms with Crippen LogP contribution in [0.5, 0.6) is 0 Å². The van der Waals surface area contributed by atoms with Gasteiger partial charge in [-0.2, -0.15) is 48.5 Å². The van der Waals surface area contributed by atoms with Crippen LogP contribution in [0.1, 0.15) is 28.0 Å². The third kappa shape index (κ3) is 11.5. The van der Waals surface area contributed by atoms with Crippen LogP contribution in [0, 0.1) is 12.1 Å². The van der Waals surface area contributed by atoms with Gasteiger partial charge in [0, 0.05) is 11.1 Å². The number of benzene rings is 4. The predicted octanol–water partition coefficient (Wildman–Crippen LogP) is -2.64. The molecule has 0 aliphatic heterocycles. The van der Waals surface area contributed by atoms with E-state index in [2.05, 4.69) is 12.1 Å². The molecule has 0 bridgehead atoms. The first-order valence-corrected chi connectivity index (χ1v) is 17.5. The zero-order valence-electron chi connectivity index (χ0n) is 27.9. The maximum absolute atomic E-state index is 12.4. The third-order valence-electron chi connectivity index (χ3n) is 6.01. The average molecular weight is 1150 g/mol. The standard InChI is InChI=1S/C28H20O12S4.2ClH.2Hg/c29-41(30,31)25-10-3-1-6-20(25)14-12-19-13-17-23(27(18-19)43(35,36)37)24-9-5-8-22(28(24)44(38,39)40)16-15-21-7-2-4-11-26(21)42(32,33)34;;;;/h1-2,5-18H,(H,29,30,31)(H,32,33,34)(H,35,36,37)(H,38,39,40);2*1H;;/q-2;;;2*+2/p-2/b14-12+,16-15+;;;;. The average Bonchev–Trinajstić information content (AvgIpc) is 2.93. The van der Waals surface area contributed by atoms with Crippen molar-refractivity contribution < 1.29 is 138 Å². The molecule has 4 rings (SSSR count). The fourth-order valence-corrected chi connectivity index (χ4v) is 7.05. The molecule has 0 saturated heterocycles. The topological polar surface area (TPSA) is 229 Å². The molecule has 0 atom stereocenters. The zero-order valence-corrected chi connectivity index (χ0v) is 39.7. The van der Waals surface area contributed by atoms with Crippen LogP contribution in [0.3, 0.4) is 0 Å². The van der Waals surface area contributed by atoms with E-state index in [0.717, 1.165) is 48.6 Å². The Balaban J connectivity index is -0.000000920. The zero-order chi connectivity index (χ0) is 32.5. The Labute approximate surface area is 337 Å². The summed E-state index contributed by atoms with van der Waals surface area (Å²) >= 11 is 0. The molecule has 0 N–H and O–H groups in total. The van der Waals surface area contributed by atoms with E-state index in [9.17, 15) is 51.9 Å². The minimum absolute atomic E-state index is 0. The Kier molecular flexibility index (Phi) is 17.5. The summed E-state index contributed by atoms with van der Waals surface area (Å²) in [7, 11) is -20.5. The summed E-state index contributed by atoms with van der Waals surface area (Å²) in [5.41, 5.74) is -1.43. The summed E-state index contributed by atoms with van der Waals surface area (Å²) in [6.45, 7) is 0. The molecule has 0 saturated carbocycles. The minimum atomic E-state index is -5.38. The Morgan fingerprint density at radius 2 is 0.979 bits per heavy atom. The first-order chi connectivity index (χ1) is 20.4. The van der Waals surface area contributed by atoms with Gasteiger partial charge in [0.1, 0.15) is 20.2 Å². The maximum atomic E-state index is 12.4. The number of halogens is 2. The first-order valence-electron chi connectivity index (χ1n) is 11.8. The van der Waals surface area contributed by atoms with Gasteiger partial charge in [-0.05, 0) is 27.0 Å². The van der Waals surface area contributed by atoms with E-state index in [-0.39, 0.29) is 108 Å². The van der Waals surface area contributed by atoms with E-state index >= 15 is 0 Å². The molecule has 4 aromatic carbocycles. The largest absolute Gasteiger partial charge is 2.00 e. The molecule has 12 nitrogen and oxygen atoms in total. The molecule has 246 valence electrons. The molecule has 0 aromatic heterocycles. The smallest absolute Gasteiger partial charge is 1.00 e. The van der Waals surface area contributed by atoms with Crippen LogP contribution in [0.2, 0.25) is 0 Å². The molecule has 20 heteroatoms. The summed E-state index contributed by atoms with van der Waals surface area (Å²) in [4.78, 5) is -3.14. The Bertz CT molecular complexity index is 2310. The van der Waals surface area contributed by atoms with Gasteiger partial charge in [-0.1, -0.05) is 54.6 Å². The van der Waals surface area contributed by atoms with Gasteiger partial charge in [0.05, 0.1) is 30.0 Å². The van der Waals surface area contributed by atoms with E-state index in [4.69, 9.17) is 0 Å². The van der Waals surface area contributed by atoms with Crippen molar-refractivity contribution in [2.24, 2.45) is 0 Å². The van der Waals surface area contributed by atoms with Crippen molar-refractivity contribution in [2.45, 2.75) is 19.6 Å². The van der Waals surface area contributed by atoms with Crippen LogP contribution < -0.4 is 24.8 Å². The second-order valence-corrected chi connectivity index (χ2v) is 14.3. The SMILES string of the molecule is O=S(=O)([O-])c1c[c-]ccc1/C=C/c1ccc(-c2cccc(/C=C/c3cc[c-]cc3S(=O)(=O)[O-])c2S(=O)(=O)[O-])c(S(=O)(=O)[O-])c1.[Cl-].[Cl-].[H+].[H+].[H+].[H+].[Hg+2].[Hg+2]. The van der Waals surface area contributed by atoms with Crippen molar-refractivity contribution >= 4 is 64.8 Å². The number of hydrogen-bond acceptors (Lipinski definition) is 12. The maximum Gasteiger partial charge on any atom is 2.00 e. The van der Waals surface area contributed by atoms with Crippen molar-refractivity contribution in [2.75, 3.05) is 0 Å². The van der Waals surface area contributed by atoms with Gasteiger partial charge < -0.3 is 43.0 Å². The van der Waals surface area contributed by atoms with Crippen LogP contribution in [-0.4, -0.2) is 51.9 Å². The van der Waals surface area contributed by atoms with Crippen molar-refractivity contribution in [3.05, 3.63) is 107 Å². The number of rotatable bonds is 9. The first kappa shape index (κ1) is 46.5. The molecule has 0 fully saturated rings. The molecule has 4 aromatic rings. The van der Waals surface area contributed by atoms with Crippen LogP contribution in [-0.2, 0) is 95.8 Å². The third-order valence-corrected chi connectivity index (χ3v) is 9.63. The summed E-state index contributed by atoms with van der Waals surface area (Å²) in [6.07, 6.45) is 4.46. The second-order valence-electron chi connectivity index (χ2n) is 8.89. The molecule has 0 heterocycles. The van der Waals surface area contributed by atoms with Gasteiger partial charge in [0.2, 0.25) is 0 Å². The molecule has 0 radical (unpaired) electrons. The monoisotopic (exact) mass is 1150 g/mol. The van der Waals surface area contributed by atoms with Crippen molar-refractivity contribution in [1.29, 1.82) is 0 Å². The fourth-order valence-electron chi connectivity index (χ4n) is 4.18. The van der Waals surface area contributed by atoms with Crippen molar-refractivity contribution in [3.8, 4) is 11.1 Å². The van der Waals surface area contributed by atoms with E-state index in [0.29, 0.717) is 0 Å². The Morgan fingerprint density at radius 1 is 0.521 bits per heavy atom. The van der Waals surface area contributed by atoms with Gasteiger partial charge in [0.25, 0.3) is 0 Å². The van der Waals surface area contributed by atoms with Crippen LogP contribution >= 0.6 is 0 Å². The second kappa shape index (κ2) is 18.1. The molecule has 48 heavy (non-hydrogen) atoms. The summed E-state index contributed by atoms with van der Waals surface area (Å²) in [5, 5.41) is 0. The Hall–Kier alpha value is -1.55. The van der Waals surface area contributed by atoms with Crippen LogP contribution in [0.4, 0.5) is 0 Å². The van der Waals surface area contributed by atoms with Crippen LogP contribution in [0.15, 0.2) is 92.4 Å². The number of hydrogen-bond donors (Lipinski definition) is 0. The fraction of sp³-hybridized carbons (Fsp3) is 0. The summed E-state index contributed by atoms with van der Waals surface area (Å²) in [5.74, 6) is 0. The van der Waals surface area contributed by atoms with E-state index in [1.54, 1.807) is 0 Å². The molecule has 0 aliphatic carbocycles.